The van der Waals surface area contributed by atoms with Crippen LogP contribution in [-0.4, -0.2) is 45.7 Å². The molecule has 0 aromatic rings. The van der Waals surface area contributed by atoms with Crippen LogP contribution in [0.4, 0.5) is 0 Å². The number of rotatable bonds is 10. The van der Waals surface area contributed by atoms with Crippen LogP contribution >= 0.6 is 0 Å². The van der Waals surface area contributed by atoms with Crippen molar-refractivity contribution in [1.82, 2.24) is 0 Å². The molecule has 1 N–H and O–H groups in total. The Morgan fingerprint density at radius 2 is 1.35 bits per heavy atom. The van der Waals surface area contributed by atoms with Gasteiger partial charge in [-0.2, -0.15) is 0 Å². The summed E-state index contributed by atoms with van der Waals surface area (Å²) in [5.74, 6) is 0. The Labute approximate surface area is 105 Å². The first-order valence-corrected chi connectivity index (χ1v) is 8.11. The molecule has 6 heteroatoms. The average molecular weight is 266 g/mol. The molecule has 0 aliphatic carbocycles. The molecule has 0 aromatic carbocycles. The summed E-state index contributed by atoms with van der Waals surface area (Å²) in [5, 5.41) is 9.53. The molecule has 0 aliphatic rings. The maximum absolute atomic E-state index is 9.53. The van der Waals surface area contributed by atoms with E-state index in [1.165, 1.54) is 0 Å². The molecule has 0 heterocycles. The van der Waals surface area contributed by atoms with E-state index < -0.39 is 15.1 Å². The van der Waals surface area contributed by atoms with E-state index in [0.717, 1.165) is 0 Å². The van der Waals surface area contributed by atoms with Gasteiger partial charge in [-0.3, -0.25) is 0 Å². The molecule has 0 saturated heterocycles. The van der Waals surface area contributed by atoms with Crippen molar-refractivity contribution < 1.29 is 23.1 Å². The highest BCUT2D eigenvalue weighted by molar-refractivity contribution is 6.62. The molecule has 0 aromatic heterocycles. The summed E-state index contributed by atoms with van der Waals surface area (Å²) in [6.45, 7) is 10.9. The minimum Gasteiger partial charge on any atom is -0.372 e. The molecule has 2 unspecified atom stereocenters. The van der Waals surface area contributed by atoms with Crippen LogP contribution in [-0.2, 0) is 18.0 Å². The van der Waals surface area contributed by atoms with E-state index in [4.69, 9.17) is 18.0 Å². The van der Waals surface area contributed by atoms with E-state index in [9.17, 15) is 5.11 Å². The fourth-order valence-corrected chi connectivity index (χ4v) is 3.98. The van der Waals surface area contributed by atoms with E-state index in [2.05, 4.69) is 0 Å². The highest BCUT2D eigenvalue weighted by Gasteiger charge is 2.48. The lowest BCUT2D eigenvalue weighted by atomic mass is 10.5. The van der Waals surface area contributed by atoms with Crippen molar-refractivity contribution in [3.05, 3.63) is 0 Å². The summed E-state index contributed by atoms with van der Waals surface area (Å²) in [4.78, 5) is 0. The summed E-state index contributed by atoms with van der Waals surface area (Å²) in [6.07, 6.45) is -0.280. The van der Waals surface area contributed by atoms with Gasteiger partial charge >= 0.3 is 8.80 Å². The Morgan fingerprint density at radius 1 is 0.941 bits per heavy atom. The Hall–Kier alpha value is 0.0169. The van der Waals surface area contributed by atoms with Crippen LogP contribution in [0.25, 0.3) is 0 Å². The summed E-state index contributed by atoms with van der Waals surface area (Å²) < 4.78 is 22.5. The SMILES string of the molecule is CCO[Si](OCC)(OCC)C(C)OC(O)CC. The normalized spacial score (nSPS) is 15.9. The lowest BCUT2D eigenvalue weighted by molar-refractivity contribution is -0.132. The van der Waals surface area contributed by atoms with Crippen LogP contribution in [0, 0.1) is 0 Å². The van der Waals surface area contributed by atoms with Gasteiger partial charge in [0.25, 0.3) is 0 Å². The topological polar surface area (TPSA) is 57.2 Å². The van der Waals surface area contributed by atoms with E-state index >= 15 is 0 Å². The quantitative estimate of drug-likeness (QED) is 0.482. The number of ether oxygens (including phenoxy) is 1. The van der Waals surface area contributed by atoms with Crippen molar-refractivity contribution in [2.75, 3.05) is 19.8 Å². The van der Waals surface area contributed by atoms with Crippen LogP contribution < -0.4 is 0 Å². The van der Waals surface area contributed by atoms with Crippen molar-refractivity contribution in [3.63, 3.8) is 0 Å². The van der Waals surface area contributed by atoms with E-state index in [1.54, 1.807) is 0 Å². The second-order valence-corrected chi connectivity index (χ2v) is 6.43. The summed E-state index contributed by atoms with van der Waals surface area (Å²) in [6, 6.07) is 0. The third-order valence-electron chi connectivity index (χ3n) is 2.24. The largest absolute Gasteiger partial charge is 0.531 e. The van der Waals surface area contributed by atoms with Crippen LogP contribution in [0.2, 0.25) is 0 Å². The van der Waals surface area contributed by atoms with E-state index in [0.29, 0.717) is 26.2 Å². The van der Waals surface area contributed by atoms with Gasteiger partial charge in [-0.05, 0) is 34.1 Å². The zero-order valence-corrected chi connectivity index (χ0v) is 12.6. The van der Waals surface area contributed by atoms with Crippen molar-refractivity contribution in [3.8, 4) is 0 Å². The molecule has 104 valence electrons. The number of aliphatic hydroxyl groups excluding tert-OH is 1. The Morgan fingerprint density at radius 3 is 1.65 bits per heavy atom. The van der Waals surface area contributed by atoms with E-state index in [-0.39, 0.29) is 5.73 Å². The number of hydrogen-bond acceptors (Lipinski definition) is 5. The third-order valence-corrected chi connectivity index (χ3v) is 5.45. The van der Waals surface area contributed by atoms with Gasteiger partial charge in [-0.15, -0.1) is 0 Å². The smallest absolute Gasteiger partial charge is 0.372 e. The Balaban J connectivity index is 4.70. The van der Waals surface area contributed by atoms with Gasteiger partial charge in [0.15, 0.2) is 6.29 Å². The first kappa shape index (κ1) is 17.0. The highest BCUT2D eigenvalue weighted by atomic mass is 28.4. The summed E-state index contributed by atoms with van der Waals surface area (Å²) in [5.41, 5.74) is -0.378. The highest BCUT2D eigenvalue weighted by Crippen LogP contribution is 2.19. The summed E-state index contributed by atoms with van der Waals surface area (Å²) in [7, 11) is -2.86. The molecule has 5 nitrogen and oxygen atoms in total. The zero-order chi connectivity index (χ0) is 13.3. The van der Waals surface area contributed by atoms with E-state index in [1.807, 2.05) is 34.6 Å². The third kappa shape index (κ3) is 5.46. The second-order valence-electron chi connectivity index (χ2n) is 3.54. The standard InChI is InChI=1S/C11H26O5Si/c1-6-11(12)16-10(5)17(13-7-2,14-8-3)15-9-4/h10-12H,6-9H2,1-5H3. The van der Waals surface area contributed by atoms with Gasteiger partial charge in [-0.1, -0.05) is 6.92 Å². The first-order chi connectivity index (χ1) is 8.06. The Kier molecular flexibility index (Phi) is 9.02. The average Bonchev–Trinajstić information content (AvgIpc) is 2.29. The molecule has 0 aliphatic heterocycles. The molecular weight excluding hydrogens is 240 g/mol. The maximum Gasteiger partial charge on any atom is 0.531 e. The van der Waals surface area contributed by atoms with Gasteiger partial charge in [0.1, 0.15) is 5.73 Å². The fourth-order valence-electron chi connectivity index (χ4n) is 1.50. The minimum atomic E-state index is -2.86. The molecule has 0 amide bonds. The lowest BCUT2D eigenvalue weighted by Crippen LogP contribution is -2.57. The van der Waals surface area contributed by atoms with Gasteiger partial charge in [0, 0.05) is 19.8 Å². The zero-order valence-electron chi connectivity index (χ0n) is 11.6. The minimum absolute atomic E-state index is 0.378. The van der Waals surface area contributed by atoms with Crippen molar-refractivity contribution >= 4 is 8.80 Å². The van der Waals surface area contributed by atoms with Gasteiger partial charge < -0.3 is 23.1 Å². The monoisotopic (exact) mass is 266 g/mol. The van der Waals surface area contributed by atoms with Crippen LogP contribution in [0.5, 0.6) is 0 Å². The molecule has 0 fully saturated rings. The maximum atomic E-state index is 9.53. The molecule has 2 atom stereocenters. The van der Waals surface area contributed by atoms with Crippen molar-refractivity contribution in [2.24, 2.45) is 0 Å². The van der Waals surface area contributed by atoms with Crippen molar-refractivity contribution in [2.45, 2.75) is 53.1 Å². The first-order valence-electron chi connectivity index (χ1n) is 6.31. The molecule has 0 spiro atoms. The predicted molar refractivity (Wildman–Crippen MR) is 67.5 cm³/mol. The Bertz CT molecular complexity index is 174. The van der Waals surface area contributed by atoms with Crippen LogP contribution in [0.15, 0.2) is 0 Å². The summed E-state index contributed by atoms with van der Waals surface area (Å²) >= 11 is 0. The molecule has 0 rings (SSSR count). The van der Waals surface area contributed by atoms with Crippen LogP contribution in [0.3, 0.4) is 0 Å². The molecule has 0 bridgehead atoms. The van der Waals surface area contributed by atoms with Gasteiger partial charge in [-0.25, -0.2) is 0 Å². The number of hydrogen-bond donors (Lipinski definition) is 1. The van der Waals surface area contributed by atoms with Crippen LogP contribution in [0.1, 0.15) is 41.0 Å². The van der Waals surface area contributed by atoms with Crippen molar-refractivity contribution in [1.29, 1.82) is 0 Å². The molecule has 17 heavy (non-hydrogen) atoms. The lowest BCUT2D eigenvalue weighted by Gasteiger charge is -2.33. The van der Waals surface area contributed by atoms with Gasteiger partial charge in [0.2, 0.25) is 0 Å². The fraction of sp³-hybridized carbons (Fsp3) is 1.00. The second kappa shape index (κ2) is 9.01. The predicted octanol–water partition coefficient (Wildman–Crippen LogP) is 1.71. The van der Waals surface area contributed by atoms with Gasteiger partial charge in [0.05, 0.1) is 0 Å². The molecular formula is C11H26O5Si. The molecule has 0 radical (unpaired) electrons. The number of aliphatic hydroxyl groups is 1. The molecule has 0 saturated carbocycles.